The Morgan fingerprint density at radius 3 is 2.62 bits per heavy atom. The second-order valence-corrected chi connectivity index (χ2v) is 7.82. The molecule has 1 aliphatic carbocycles. The van der Waals surface area contributed by atoms with Crippen molar-refractivity contribution in [3.8, 4) is 11.5 Å². The maximum absolute atomic E-state index is 6.44. The summed E-state index contributed by atoms with van der Waals surface area (Å²) in [5, 5.41) is 0.717. The smallest absolute Gasteiger partial charge is 0.162 e. The van der Waals surface area contributed by atoms with Gasteiger partial charge in [0, 0.05) is 20.8 Å². The zero-order valence-electron chi connectivity index (χ0n) is 11.3. The van der Waals surface area contributed by atoms with E-state index in [4.69, 9.17) is 21.1 Å². The maximum Gasteiger partial charge on any atom is 0.162 e. The maximum atomic E-state index is 6.44. The van der Waals surface area contributed by atoms with E-state index >= 15 is 0 Å². The standard InChI is InChI=1S/C16H14BrClO2S/c17-16(15-6-9-2-1-3-14(9)21-15)10-7-12-13(8-11(10)18)20-5-4-19-12/h6-8,16H,1-5H2. The van der Waals surface area contributed by atoms with Crippen LogP contribution in [0.2, 0.25) is 5.02 Å². The van der Waals surface area contributed by atoms with Gasteiger partial charge >= 0.3 is 0 Å². The first kappa shape index (κ1) is 13.9. The molecule has 2 aromatic rings. The lowest BCUT2D eigenvalue weighted by atomic mass is 10.1. The highest BCUT2D eigenvalue weighted by Crippen LogP contribution is 2.45. The second kappa shape index (κ2) is 5.49. The van der Waals surface area contributed by atoms with Gasteiger partial charge in [0.15, 0.2) is 11.5 Å². The fourth-order valence-corrected chi connectivity index (χ4v) is 5.34. The van der Waals surface area contributed by atoms with Crippen molar-refractivity contribution in [1.29, 1.82) is 0 Å². The van der Waals surface area contributed by atoms with E-state index in [0.717, 1.165) is 22.1 Å². The minimum Gasteiger partial charge on any atom is -0.486 e. The van der Waals surface area contributed by atoms with Crippen molar-refractivity contribution in [2.45, 2.75) is 24.1 Å². The Bertz CT molecular complexity index is 676. The van der Waals surface area contributed by atoms with Crippen molar-refractivity contribution in [2.75, 3.05) is 13.2 Å². The number of thiophene rings is 1. The minimum absolute atomic E-state index is 0.108. The van der Waals surface area contributed by atoms with Crippen LogP contribution in [0.25, 0.3) is 0 Å². The second-order valence-electron chi connectivity index (χ2n) is 5.33. The summed E-state index contributed by atoms with van der Waals surface area (Å²) in [6.07, 6.45) is 3.72. The molecule has 110 valence electrons. The summed E-state index contributed by atoms with van der Waals surface area (Å²) in [5.41, 5.74) is 2.55. The number of halogens is 2. The Hall–Kier alpha value is -0.710. The van der Waals surface area contributed by atoms with E-state index in [1.807, 2.05) is 23.5 Å². The number of hydrogen-bond acceptors (Lipinski definition) is 3. The quantitative estimate of drug-likeness (QED) is 0.666. The van der Waals surface area contributed by atoms with Gasteiger partial charge in [0.05, 0.1) is 4.83 Å². The number of hydrogen-bond donors (Lipinski definition) is 0. The van der Waals surface area contributed by atoms with Crippen molar-refractivity contribution in [1.82, 2.24) is 0 Å². The predicted octanol–water partition coefficient (Wildman–Crippen LogP) is 5.15. The third-order valence-electron chi connectivity index (χ3n) is 3.95. The zero-order valence-corrected chi connectivity index (χ0v) is 14.5. The van der Waals surface area contributed by atoms with E-state index in [-0.39, 0.29) is 4.83 Å². The highest BCUT2D eigenvalue weighted by Gasteiger charge is 2.23. The number of aryl methyl sites for hydroxylation is 2. The van der Waals surface area contributed by atoms with E-state index in [2.05, 4.69) is 22.0 Å². The summed E-state index contributed by atoms with van der Waals surface area (Å²) in [5.74, 6) is 1.53. The topological polar surface area (TPSA) is 18.5 Å². The lowest BCUT2D eigenvalue weighted by molar-refractivity contribution is 0.171. The van der Waals surface area contributed by atoms with Gasteiger partial charge in [0.2, 0.25) is 0 Å². The monoisotopic (exact) mass is 384 g/mol. The van der Waals surface area contributed by atoms with Crippen LogP contribution in [0.1, 0.15) is 32.1 Å². The van der Waals surface area contributed by atoms with Crippen LogP contribution in [0.15, 0.2) is 18.2 Å². The average Bonchev–Trinajstić information content (AvgIpc) is 3.07. The van der Waals surface area contributed by atoms with Crippen molar-refractivity contribution in [3.63, 3.8) is 0 Å². The molecule has 1 unspecified atom stereocenters. The first-order chi connectivity index (χ1) is 10.2. The summed E-state index contributed by atoms with van der Waals surface area (Å²) >= 11 is 12.1. The lowest BCUT2D eigenvalue weighted by Gasteiger charge is -2.21. The van der Waals surface area contributed by atoms with Crippen LogP contribution in [0.4, 0.5) is 0 Å². The Labute approximate surface area is 141 Å². The van der Waals surface area contributed by atoms with Gasteiger partial charge in [0.25, 0.3) is 0 Å². The van der Waals surface area contributed by atoms with Crippen LogP contribution in [0.3, 0.4) is 0 Å². The molecule has 2 heterocycles. The van der Waals surface area contributed by atoms with Crippen molar-refractivity contribution < 1.29 is 9.47 Å². The number of rotatable bonds is 2. The van der Waals surface area contributed by atoms with Gasteiger partial charge in [-0.3, -0.25) is 0 Å². The Morgan fingerprint density at radius 1 is 1.10 bits per heavy atom. The molecule has 21 heavy (non-hydrogen) atoms. The van der Waals surface area contributed by atoms with Gasteiger partial charge in [-0.1, -0.05) is 27.5 Å². The lowest BCUT2D eigenvalue weighted by Crippen LogP contribution is -2.15. The summed E-state index contributed by atoms with van der Waals surface area (Å²) in [6, 6.07) is 6.18. The Kier molecular flexibility index (Phi) is 3.64. The molecule has 1 aromatic heterocycles. The molecule has 0 saturated heterocycles. The van der Waals surface area contributed by atoms with E-state index in [1.165, 1.54) is 34.6 Å². The van der Waals surface area contributed by atoms with Gasteiger partial charge in [-0.2, -0.15) is 0 Å². The van der Waals surface area contributed by atoms with Gasteiger partial charge in [-0.25, -0.2) is 0 Å². The molecule has 2 nitrogen and oxygen atoms in total. The molecule has 0 N–H and O–H groups in total. The molecular formula is C16H14BrClO2S. The van der Waals surface area contributed by atoms with Crippen LogP contribution in [0, 0.1) is 0 Å². The highest BCUT2D eigenvalue weighted by atomic mass is 79.9. The van der Waals surface area contributed by atoms with Gasteiger partial charge in [-0.15, -0.1) is 11.3 Å². The predicted molar refractivity (Wildman–Crippen MR) is 89.6 cm³/mol. The van der Waals surface area contributed by atoms with Crippen molar-refractivity contribution in [3.05, 3.63) is 44.1 Å². The summed E-state index contributed by atoms with van der Waals surface area (Å²) in [6.45, 7) is 1.17. The third-order valence-corrected chi connectivity index (χ3v) is 6.87. The van der Waals surface area contributed by atoms with Crippen LogP contribution >= 0.6 is 38.9 Å². The van der Waals surface area contributed by atoms with Crippen molar-refractivity contribution >= 4 is 38.9 Å². The third kappa shape index (κ3) is 2.47. The molecular weight excluding hydrogens is 372 g/mol. The van der Waals surface area contributed by atoms with Gasteiger partial charge in [-0.05, 0) is 42.5 Å². The van der Waals surface area contributed by atoms with E-state index in [1.54, 1.807) is 0 Å². The first-order valence-electron chi connectivity index (χ1n) is 7.07. The molecule has 0 fully saturated rings. The first-order valence-corrected chi connectivity index (χ1v) is 9.18. The Morgan fingerprint density at radius 2 is 1.86 bits per heavy atom. The normalized spacial score (nSPS) is 17.6. The van der Waals surface area contributed by atoms with E-state index in [9.17, 15) is 0 Å². The van der Waals surface area contributed by atoms with E-state index in [0.29, 0.717) is 13.2 Å². The van der Waals surface area contributed by atoms with Gasteiger partial charge in [0.1, 0.15) is 13.2 Å². The molecule has 4 rings (SSSR count). The number of fused-ring (bicyclic) bond motifs is 2. The summed E-state index contributed by atoms with van der Waals surface area (Å²) in [4.78, 5) is 2.96. The molecule has 5 heteroatoms. The minimum atomic E-state index is 0.108. The summed E-state index contributed by atoms with van der Waals surface area (Å²) in [7, 11) is 0. The van der Waals surface area contributed by atoms with Crippen LogP contribution < -0.4 is 9.47 Å². The zero-order chi connectivity index (χ0) is 14.4. The Balaban J connectivity index is 1.71. The highest BCUT2D eigenvalue weighted by molar-refractivity contribution is 9.09. The number of ether oxygens (including phenoxy) is 2. The SMILES string of the molecule is Clc1cc2c(cc1C(Br)c1cc3c(s1)CCC3)OCCO2. The van der Waals surface area contributed by atoms with Gasteiger partial charge < -0.3 is 9.47 Å². The van der Waals surface area contributed by atoms with Crippen molar-refractivity contribution in [2.24, 2.45) is 0 Å². The molecule has 1 aromatic carbocycles. The van der Waals surface area contributed by atoms with Crippen LogP contribution in [-0.4, -0.2) is 13.2 Å². The fourth-order valence-electron chi connectivity index (χ4n) is 2.90. The molecule has 1 atom stereocenters. The molecule has 0 spiro atoms. The largest absolute Gasteiger partial charge is 0.486 e. The molecule has 1 aliphatic heterocycles. The molecule has 0 amide bonds. The molecule has 2 aliphatic rings. The molecule has 0 bridgehead atoms. The van der Waals surface area contributed by atoms with Crippen LogP contribution in [0.5, 0.6) is 11.5 Å². The van der Waals surface area contributed by atoms with Crippen LogP contribution in [-0.2, 0) is 12.8 Å². The molecule has 0 radical (unpaired) electrons. The number of alkyl halides is 1. The summed E-state index contributed by atoms with van der Waals surface area (Å²) < 4.78 is 11.2. The number of benzene rings is 1. The van der Waals surface area contributed by atoms with E-state index < -0.39 is 0 Å². The fraction of sp³-hybridized carbons (Fsp3) is 0.375. The molecule has 0 saturated carbocycles. The average molecular weight is 386 g/mol.